The molecular formula is C28H29ClFN5O2. The molecule has 0 saturated carbocycles. The number of aryl methyl sites for hydroxylation is 2. The number of nitrogens with zero attached hydrogens (tertiary/aromatic N) is 4. The third-order valence-electron chi connectivity index (χ3n) is 7.36. The van der Waals surface area contributed by atoms with E-state index >= 15 is 0 Å². The molecule has 2 bridgehead atoms. The van der Waals surface area contributed by atoms with Crippen LogP contribution in [0, 0.1) is 18.7 Å². The van der Waals surface area contributed by atoms with Crippen molar-refractivity contribution in [2.75, 3.05) is 11.9 Å². The zero-order valence-corrected chi connectivity index (χ0v) is 21.8. The molecule has 2 aliphatic rings. The molecule has 7 nitrogen and oxygen atoms in total. The Hall–Kier alpha value is -3.52. The van der Waals surface area contributed by atoms with Gasteiger partial charge in [0.05, 0.1) is 34.3 Å². The van der Waals surface area contributed by atoms with Crippen molar-refractivity contribution in [3.8, 4) is 11.3 Å². The zero-order chi connectivity index (χ0) is 26.3. The van der Waals surface area contributed by atoms with Gasteiger partial charge in [-0.3, -0.25) is 19.3 Å². The Morgan fingerprint density at radius 1 is 1.19 bits per heavy atom. The van der Waals surface area contributed by atoms with Crippen molar-refractivity contribution in [1.29, 1.82) is 0 Å². The van der Waals surface area contributed by atoms with Gasteiger partial charge in [0, 0.05) is 42.9 Å². The van der Waals surface area contributed by atoms with Gasteiger partial charge < -0.3 is 10.2 Å². The Bertz CT molecular complexity index is 1420. The molecule has 5 rings (SSSR count). The number of pyridine rings is 1. The number of carbonyl (C=O) groups excluding carboxylic acids is 2. The number of fused-ring (bicyclic) bond motifs is 4. The topological polar surface area (TPSA) is 80.1 Å². The summed E-state index contributed by atoms with van der Waals surface area (Å²) >= 11 is 6.04. The maximum atomic E-state index is 14.9. The van der Waals surface area contributed by atoms with Crippen molar-refractivity contribution in [3.63, 3.8) is 0 Å². The van der Waals surface area contributed by atoms with Gasteiger partial charge >= 0.3 is 0 Å². The molecule has 2 unspecified atom stereocenters. The molecule has 2 aliphatic heterocycles. The van der Waals surface area contributed by atoms with E-state index in [-0.39, 0.29) is 28.8 Å². The maximum Gasteiger partial charge on any atom is 0.247 e. The first kappa shape index (κ1) is 25.1. The van der Waals surface area contributed by atoms with Gasteiger partial charge in [-0.15, -0.1) is 0 Å². The quantitative estimate of drug-likeness (QED) is 0.469. The minimum atomic E-state index is -0.492. The number of aromatic nitrogens is 3. The van der Waals surface area contributed by atoms with Crippen LogP contribution in [0.15, 0.2) is 42.7 Å². The predicted molar refractivity (Wildman–Crippen MR) is 141 cm³/mol. The smallest absolute Gasteiger partial charge is 0.247 e. The van der Waals surface area contributed by atoms with Crippen LogP contribution >= 0.6 is 11.6 Å². The summed E-state index contributed by atoms with van der Waals surface area (Å²) in [6.07, 6.45) is 7.49. The van der Waals surface area contributed by atoms with E-state index in [1.54, 1.807) is 23.1 Å². The second-order valence-electron chi connectivity index (χ2n) is 9.84. The Labute approximate surface area is 220 Å². The van der Waals surface area contributed by atoms with E-state index in [0.29, 0.717) is 42.6 Å². The number of nitrogens with one attached hydrogen (secondary N) is 1. The van der Waals surface area contributed by atoms with Crippen molar-refractivity contribution in [3.05, 3.63) is 70.4 Å². The largest absolute Gasteiger partial charge is 0.330 e. The minimum Gasteiger partial charge on any atom is -0.330 e. The molecule has 4 heterocycles. The number of halogens is 2. The summed E-state index contributed by atoms with van der Waals surface area (Å²) in [6.45, 7) is 4.16. The van der Waals surface area contributed by atoms with Gasteiger partial charge in [-0.05, 0) is 55.5 Å². The van der Waals surface area contributed by atoms with Crippen molar-refractivity contribution in [1.82, 2.24) is 19.7 Å². The average Bonchev–Trinajstić information content (AvgIpc) is 3.24. The lowest BCUT2D eigenvalue weighted by atomic mass is 9.92. The second-order valence-corrected chi connectivity index (χ2v) is 10.2. The summed E-state index contributed by atoms with van der Waals surface area (Å²) in [5, 5.41) is 7.41. The Balaban J connectivity index is 1.53. The molecule has 2 amide bonds. The summed E-state index contributed by atoms with van der Waals surface area (Å²) < 4.78 is 16.6. The van der Waals surface area contributed by atoms with Crippen LogP contribution in [-0.4, -0.2) is 38.0 Å². The molecule has 1 N–H and O–H groups in total. The molecule has 2 aromatic heterocycles. The SMILES string of the molecule is Cc1ccc(Cl)c(F)c1C1=CC(=O)N(C2CCCC(C)C(=O)Nc3cnn(C)c3-c3ccnc2c3)CC1. The summed E-state index contributed by atoms with van der Waals surface area (Å²) in [4.78, 5) is 32.8. The first-order chi connectivity index (χ1) is 17.7. The van der Waals surface area contributed by atoms with Crippen LogP contribution in [0.4, 0.5) is 10.1 Å². The van der Waals surface area contributed by atoms with Gasteiger partial charge in [-0.25, -0.2) is 4.39 Å². The molecule has 0 radical (unpaired) electrons. The number of rotatable bonds is 2. The fourth-order valence-corrected chi connectivity index (χ4v) is 5.48. The highest BCUT2D eigenvalue weighted by molar-refractivity contribution is 6.31. The van der Waals surface area contributed by atoms with E-state index in [0.717, 1.165) is 28.9 Å². The lowest BCUT2D eigenvalue weighted by Gasteiger charge is -2.34. The van der Waals surface area contributed by atoms with Crippen LogP contribution in [0.3, 0.4) is 0 Å². The molecule has 9 heteroatoms. The van der Waals surface area contributed by atoms with E-state index in [1.165, 1.54) is 12.1 Å². The highest BCUT2D eigenvalue weighted by Gasteiger charge is 2.31. The van der Waals surface area contributed by atoms with E-state index in [2.05, 4.69) is 15.4 Å². The van der Waals surface area contributed by atoms with E-state index in [4.69, 9.17) is 11.6 Å². The summed E-state index contributed by atoms with van der Waals surface area (Å²) in [5.41, 5.74) is 4.86. The van der Waals surface area contributed by atoms with Crippen molar-refractivity contribution < 1.29 is 14.0 Å². The molecule has 0 fully saturated rings. The molecule has 0 spiro atoms. The van der Waals surface area contributed by atoms with Crippen molar-refractivity contribution in [2.45, 2.75) is 45.6 Å². The van der Waals surface area contributed by atoms with Crippen LogP contribution in [0.25, 0.3) is 16.8 Å². The molecule has 2 atom stereocenters. The van der Waals surface area contributed by atoms with Crippen molar-refractivity contribution in [2.24, 2.45) is 13.0 Å². The molecule has 192 valence electrons. The number of carbonyl (C=O) groups is 2. The summed E-state index contributed by atoms with van der Waals surface area (Å²) in [5.74, 6) is -0.928. The lowest BCUT2D eigenvalue weighted by molar-refractivity contribution is -0.129. The third kappa shape index (κ3) is 4.78. The number of benzene rings is 1. The highest BCUT2D eigenvalue weighted by atomic mass is 35.5. The van der Waals surface area contributed by atoms with Gasteiger partial charge in [0.2, 0.25) is 11.8 Å². The number of hydrogen-bond acceptors (Lipinski definition) is 4. The molecule has 3 aromatic rings. The van der Waals surface area contributed by atoms with E-state index < -0.39 is 5.82 Å². The highest BCUT2D eigenvalue weighted by Crippen LogP contribution is 2.37. The number of hydrogen-bond donors (Lipinski definition) is 1. The van der Waals surface area contributed by atoms with Gasteiger partial charge in [0.15, 0.2) is 0 Å². The fraction of sp³-hybridized carbons (Fsp3) is 0.357. The van der Waals surface area contributed by atoms with Crippen LogP contribution in [0.2, 0.25) is 5.02 Å². The Kier molecular flexibility index (Phi) is 6.86. The molecule has 1 aromatic carbocycles. The Morgan fingerprint density at radius 3 is 2.78 bits per heavy atom. The summed E-state index contributed by atoms with van der Waals surface area (Å²) in [6, 6.07) is 6.87. The fourth-order valence-electron chi connectivity index (χ4n) is 5.32. The van der Waals surface area contributed by atoms with Crippen molar-refractivity contribution >= 4 is 34.7 Å². The number of amides is 2. The van der Waals surface area contributed by atoms with E-state index in [1.807, 2.05) is 37.9 Å². The third-order valence-corrected chi connectivity index (χ3v) is 7.65. The lowest BCUT2D eigenvalue weighted by Crippen LogP contribution is -2.38. The first-order valence-electron chi connectivity index (χ1n) is 12.5. The van der Waals surface area contributed by atoms with Crippen LogP contribution in [0.1, 0.15) is 55.5 Å². The van der Waals surface area contributed by atoms with Gasteiger partial charge in [0.25, 0.3) is 0 Å². The molecular weight excluding hydrogens is 493 g/mol. The predicted octanol–water partition coefficient (Wildman–Crippen LogP) is 5.70. The second kappa shape index (κ2) is 10.1. The molecule has 37 heavy (non-hydrogen) atoms. The molecule has 0 aliphatic carbocycles. The van der Waals surface area contributed by atoms with E-state index in [9.17, 15) is 14.0 Å². The zero-order valence-electron chi connectivity index (χ0n) is 21.1. The first-order valence-corrected chi connectivity index (χ1v) is 12.9. The standard InChI is InChI=1S/C28H29ClFN5O2/c1-16-7-8-20(29)26(30)25(16)18-10-12-35(24(36)14-18)23-6-4-5-17(2)28(37)33-22-15-32-34(3)27(22)19-9-11-31-21(23)13-19/h7-9,11,13-15,17,23H,4-6,10,12H2,1-3H3,(H,33,37). The Morgan fingerprint density at radius 2 is 2.00 bits per heavy atom. The molecule has 0 saturated heterocycles. The number of anilines is 1. The van der Waals surface area contributed by atoms with Crippen LogP contribution < -0.4 is 5.32 Å². The van der Waals surface area contributed by atoms with Crippen LogP contribution in [-0.2, 0) is 16.6 Å². The van der Waals surface area contributed by atoms with Gasteiger partial charge in [-0.2, -0.15) is 5.10 Å². The maximum absolute atomic E-state index is 14.9. The monoisotopic (exact) mass is 521 g/mol. The van der Waals surface area contributed by atoms with Gasteiger partial charge in [0.1, 0.15) is 5.82 Å². The summed E-state index contributed by atoms with van der Waals surface area (Å²) in [7, 11) is 1.83. The average molecular weight is 522 g/mol. The van der Waals surface area contributed by atoms with Crippen LogP contribution in [0.5, 0.6) is 0 Å². The van der Waals surface area contributed by atoms with Gasteiger partial charge in [-0.1, -0.05) is 31.0 Å². The minimum absolute atomic E-state index is 0.0457. The normalized spacial score (nSPS) is 20.5.